The standard InChI is InChI=1S/C15H18BrN3O2/c1-8(2)20-14-13(17)15(19-7-18-14)21-11-5-9(3)12(16)10(4)6-11/h5-8H,17H2,1-4H3. The number of ether oxygens (including phenoxy) is 2. The van der Waals surface area contributed by atoms with Gasteiger partial charge in [-0.25, -0.2) is 0 Å². The predicted molar refractivity (Wildman–Crippen MR) is 85.9 cm³/mol. The molecule has 1 heterocycles. The Hall–Kier alpha value is -1.82. The zero-order valence-corrected chi connectivity index (χ0v) is 14.1. The second-order valence-electron chi connectivity index (χ2n) is 5.04. The fourth-order valence-electron chi connectivity index (χ4n) is 1.84. The van der Waals surface area contributed by atoms with Crippen LogP contribution in [0.3, 0.4) is 0 Å². The van der Waals surface area contributed by atoms with E-state index in [0.29, 0.717) is 23.2 Å². The lowest BCUT2D eigenvalue weighted by Gasteiger charge is -2.14. The van der Waals surface area contributed by atoms with Crippen LogP contribution in [-0.4, -0.2) is 16.1 Å². The van der Waals surface area contributed by atoms with Crippen LogP contribution in [0.4, 0.5) is 5.69 Å². The number of halogens is 1. The molecule has 0 aliphatic rings. The van der Waals surface area contributed by atoms with Gasteiger partial charge < -0.3 is 15.2 Å². The lowest BCUT2D eigenvalue weighted by molar-refractivity contribution is 0.233. The molecule has 21 heavy (non-hydrogen) atoms. The SMILES string of the molecule is Cc1cc(Oc2ncnc(OC(C)C)c2N)cc(C)c1Br. The van der Waals surface area contributed by atoms with Crippen LogP contribution in [0.5, 0.6) is 17.5 Å². The number of rotatable bonds is 4. The van der Waals surface area contributed by atoms with Crippen molar-refractivity contribution in [3.8, 4) is 17.5 Å². The van der Waals surface area contributed by atoms with E-state index in [-0.39, 0.29) is 6.10 Å². The smallest absolute Gasteiger partial charge is 0.249 e. The minimum Gasteiger partial charge on any atom is -0.473 e. The molecule has 112 valence electrons. The van der Waals surface area contributed by atoms with Crippen LogP contribution in [0.1, 0.15) is 25.0 Å². The van der Waals surface area contributed by atoms with E-state index >= 15 is 0 Å². The Labute approximate surface area is 132 Å². The van der Waals surface area contributed by atoms with Crippen molar-refractivity contribution in [2.75, 3.05) is 5.73 Å². The molecule has 0 saturated carbocycles. The van der Waals surface area contributed by atoms with Crippen LogP contribution < -0.4 is 15.2 Å². The van der Waals surface area contributed by atoms with Gasteiger partial charge in [-0.05, 0) is 51.0 Å². The summed E-state index contributed by atoms with van der Waals surface area (Å²) in [7, 11) is 0. The van der Waals surface area contributed by atoms with Crippen molar-refractivity contribution in [2.24, 2.45) is 0 Å². The van der Waals surface area contributed by atoms with Crippen LogP contribution in [-0.2, 0) is 0 Å². The molecule has 0 amide bonds. The summed E-state index contributed by atoms with van der Waals surface area (Å²) in [5.41, 5.74) is 8.46. The number of nitrogen functional groups attached to an aromatic ring is 1. The molecule has 0 radical (unpaired) electrons. The zero-order valence-electron chi connectivity index (χ0n) is 12.5. The lowest BCUT2D eigenvalue weighted by atomic mass is 10.1. The van der Waals surface area contributed by atoms with Crippen LogP contribution >= 0.6 is 15.9 Å². The van der Waals surface area contributed by atoms with Crippen molar-refractivity contribution < 1.29 is 9.47 Å². The first kappa shape index (κ1) is 15.6. The quantitative estimate of drug-likeness (QED) is 0.900. The van der Waals surface area contributed by atoms with E-state index in [1.165, 1.54) is 6.33 Å². The molecule has 0 atom stereocenters. The summed E-state index contributed by atoms with van der Waals surface area (Å²) >= 11 is 3.53. The molecule has 1 aromatic carbocycles. The zero-order chi connectivity index (χ0) is 15.6. The summed E-state index contributed by atoms with van der Waals surface area (Å²) in [6, 6.07) is 3.84. The van der Waals surface area contributed by atoms with Crippen LogP contribution in [0.2, 0.25) is 0 Å². The van der Waals surface area contributed by atoms with Crippen molar-refractivity contribution in [2.45, 2.75) is 33.8 Å². The van der Waals surface area contributed by atoms with Gasteiger partial charge in [0.05, 0.1) is 6.10 Å². The number of hydrogen-bond acceptors (Lipinski definition) is 5. The minimum absolute atomic E-state index is 0.0211. The van der Waals surface area contributed by atoms with Gasteiger partial charge in [0, 0.05) is 4.47 Å². The fourth-order valence-corrected chi connectivity index (χ4v) is 2.07. The molecular weight excluding hydrogens is 334 g/mol. The number of nitrogens with zero attached hydrogens (tertiary/aromatic N) is 2. The number of anilines is 1. The average molecular weight is 352 g/mol. The fraction of sp³-hybridized carbons (Fsp3) is 0.333. The van der Waals surface area contributed by atoms with Gasteiger partial charge in [-0.3, -0.25) is 0 Å². The Balaban J connectivity index is 2.32. The molecule has 6 heteroatoms. The Bertz CT molecular complexity index is 636. The summed E-state index contributed by atoms with van der Waals surface area (Å²) in [6.07, 6.45) is 1.36. The van der Waals surface area contributed by atoms with Crippen LogP contribution in [0.25, 0.3) is 0 Å². The first-order valence-electron chi connectivity index (χ1n) is 6.60. The van der Waals surface area contributed by atoms with Gasteiger partial charge in [-0.15, -0.1) is 0 Å². The molecule has 0 fully saturated rings. The maximum Gasteiger partial charge on any atom is 0.249 e. The van der Waals surface area contributed by atoms with E-state index in [2.05, 4.69) is 25.9 Å². The van der Waals surface area contributed by atoms with E-state index in [0.717, 1.165) is 15.6 Å². The molecule has 0 bridgehead atoms. The van der Waals surface area contributed by atoms with Crippen molar-refractivity contribution in [1.82, 2.24) is 9.97 Å². The molecule has 1 aromatic heterocycles. The minimum atomic E-state index is -0.0211. The van der Waals surface area contributed by atoms with Crippen molar-refractivity contribution >= 4 is 21.6 Å². The summed E-state index contributed by atoms with van der Waals surface area (Å²) in [5, 5.41) is 0. The number of benzene rings is 1. The van der Waals surface area contributed by atoms with Gasteiger partial charge in [0.15, 0.2) is 5.69 Å². The van der Waals surface area contributed by atoms with Gasteiger partial charge in [-0.1, -0.05) is 15.9 Å². The molecule has 0 saturated heterocycles. The second-order valence-corrected chi connectivity index (χ2v) is 5.83. The van der Waals surface area contributed by atoms with Crippen LogP contribution in [0, 0.1) is 13.8 Å². The monoisotopic (exact) mass is 351 g/mol. The molecule has 5 nitrogen and oxygen atoms in total. The van der Waals surface area contributed by atoms with E-state index in [1.807, 2.05) is 39.8 Å². The average Bonchev–Trinajstić information content (AvgIpc) is 2.40. The first-order valence-corrected chi connectivity index (χ1v) is 7.39. The molecule has 0 aliphatic carbocycles. The molecule has 0 unspecified atom stereocenters. The Kier molecular flexibility index (Phi) is 4.67. The number of aromatic nitrogens is 2. The Morgan fingerprint density at radius 1 is 1.10 bits per heavy atom. The number of aryl methyl sites for hydroxylation is 2. The third-order valence-corrected chi connectivity index (χ3v) is 4.03. The summed E-state index contributed by atoms with van der Waals surface area (Å²) in [6.45, 7) is 7.81. The predicted octanol–water partition coefficient (Wildman–Crippen LogP) is 4.02. The molecule has 0 spiro atoms. The Morgan fingerprint density at radius 3 is 2.24 bits per heavy atom. The Morgan fingerprint density at radius 2 is 1.67 bits per heavy atom. The maximum absolute atomic E-state index is 6.00. The summed E-state index contributed by atoms with van der Waals surface area (Å²) < 4.78 is 12.4. The molecule has 0 aliphatic heterocycles. The highest BCUT2D eigenvalue weighted by Crippen LogP contribution is 2.33. The lowest BCUT2D eigenvalue weighted by Crippen LogP contribution is -2.10. The highest BCUT2D eigenvalue weighted by molar-refractivity contribution is 9.10. The van der Waals surface area contributed by atoms with Crippen molar-refractivity contribution in [3.63, 3.8) is 0 Å². The van der Waals surface area contributed by atoms with Crippen molar-refractivity contribution in [1.29, 1.82) is 0 Å². The van der Waals surface area contributed by atoms with E-state index < -0.39 is 0 Å². The van der Waals surface area contributed by atoms with Gasteiger partial charge in [0.2, 0.25) is 11.8 Å². The van der Waals surface area contributed by atoms with Gasteiger partial charge >= 0.3 is 0 Å². The van der Waals surface area contributed by atoms with E-state index in [1.54, 1.807) is 0 Å². The highest BCUT2D eigenvalue weighted by atomic mass is 79.9. The van der Waals surface area contributed by atoms with Gasteiger partial charge in [0.25, 0.3) is 0 Å². The summed E-state index contributed by atoms with van der Waals surface area (Å²) in [4.78, 5) is 8.10. The molecular formula is C15H18BrN3O2. The largest absolute Gasteiger partial charge is 0.473 e. The van der Waals surface area contributed by atoms with E-state index in [4.69, 9.17) is 15.2 Å². The van der Waals surface area contributed by atoms with Crippen molar-refractivity contribution in [3.05, 3.63) is 34.1 Å². The molecule has 2 aromatic rings. The topological polar surface area (TPSA) is 70.3 Å². The maximum atomic E-state index is 6.00. The van der Waals surface area contributed by atoms with E-state index in [9.17, 15) is 0 Å². The van der Waals surface area contributed by atoms with Crippen LogP contribution in [0.15, 0.2) is 22.9 Å². The third kappa shape index (κ3) is 3.64. The number of nitrogens with two attached hydrogens (primary N) is 1. The second kappa shape index (κ2) is 6.30. The summed E-state index contributed by atoms with van der Waals surface area (Å²) in [5.74, 6) is 1.30. The molecule has 2 N–H and O–H groups in total. The highest BCUT2D eigenvalue weighted by Gasteiger charge is 2.13. The van der Waals surface area contributed by atoms with Gasteiger partial charge in [0.1, 0.15) is 12.1 Å². The van der Waals surface area contributed by atoms with Gasteiger partial charge in [-0.2, -0.15) is 9.97 Å². The number of hydrogen-bond donors (Lipinski definition) is 1. The first-order chi connectivity index (χ1) is 9.88. The molecule has 2 rings (SSSR count). The normalized spacial score (nSPS) is 10.8. The third-order valence-electron chi connectivity index (χ3n) is 2.78.